The molecule has 4 rings (SSSR count). The van der Waals surface area contributed by atoms with Crippen LogP contribution in [0, 0.1) is 5.82 Å². The highest BCUT2D eigenvalue weighted by Crippen LogP contribution is 2.28. The van der Waals surface area contributed by atoms with Crippen molar-refractivity contribution in [3.05, 3.63) is 59.9 Å². The molecule has 1 N–H and O–H groups in total. The standard InChI is InChI=1S/C22H23F3N4O2S/c23-16-5-3-4-15(12-16)19(28-8-10-31-11-9-28)13-26-20(30)14-29-18-7-2-1-6-17(18)27-22(29)32-21(24)25/h1-7,12,19,21H,8-11,13-14H2,(H,26,30). The number of carbonyl (C=O) groups excluding carboxylic acids is 1. The quantitative estimate of drug-likeness (QED) is 0.516. The largest absolute Gasteiger partial charge is 0.379 e. The monoisotopic (exact) mass is 464 g/mol. The molecular weight excluding hydrogens is 441 g/mol. The van der Waals surface area contributed by atoms with Crippen LogP contribution in [0.15, 0.2) is 53.7 Å². The van der Waals surface area contributed by atoms with E-state index in [0.29, 0.717) is 49.1 Å². The van der Waals surface area contributed by atoms with E-state index >= 15 is 0 Å². The van der Waals surface area contributed by atoms with Crippen LogP contribution in [0.4, 0.5) is 13.2 Å². The maximum absolute atomic E-state index is 13.8. The molecule has 3 aromatic rings. The van der Waals surface area contributed by atoms with E-state index in [1.54, 1.807) is 30.3 Å². The summed E-state index contributed by atoms with van der Waals surface area (Å²) < 4.78 is 46.8. The Morgan fingerprint density at radius 1 is 1.16 bits per heavy atom. The number of amides is 1. The molecule has 1 amide bonds. The van der Waals surface area contributed by atoms with E-state index in [0.717, 1.165) is 5.56 Å². The van der Waals surface area contributed by atoms with Crippen molar-refractivity contribution in [3.63, 3.8) is 0 Å². The van der Waals surface area contributed by atoms with E-state index in [1.165, 1.54) is 16.7 Å². The summed E-state index contributed by atoms with van der Waals surface area (Å²) in [6.45, 7) is 2.57. The highest BCUT2D eigenvalue weighted by Gasteiger charge is 2.24. The van der Waals surface area contributed by atoms with Gasteiger partial charge in [0.05, 0.1) is 30.3 Å². The van der Waals surface area contributed by atoms with Crippen LogP contribution in [-0.2, 0) is 16.1 Å². The Morgan fingerprint density at radius 2 is 1.94 bits per heavy atom. The summed E-state index contributed by atoms with van der Waals surface area (Å²) in [6.07, 6.45) is 0. The molecule has 10 heteroatoms. The van der Waals surface area contributed by atoms with Gasteiger partial charge in [0.15, 0.2) is 5.16 Å². The van der Waals surface area contributed by atoms with Gasteiger partial charge in [0.25, 0.3) is 5.76 Å². The molecule has 1 saturated heterocycles. The fraction of sp³-hybridized carbons (Fsp3) is 0.364. The Labute approximate surface area is 187 Å². The molecule has 0 aliphatic carbocycles. The van der Waals surface area contributed by atoms with E-state index < -0.39 is 5.76 Å². The number of ether oxygens (including phenoxy) is 1. The van der Waals surface area contributed by atoms with Gasteiger partial charge in [-0.3, -0.25) is 9.69 Å². The molecule has 32 heavy (non-hydrogen) atoms. The van der Waals surface area contributed by atoms with Gasteiger partial charge in [0.1, 0.15) is 12.4 Å². The molecule has 0 radical (unpaired) electrons. The number of carbonyl (C=O) groups is 1. The zero-order valence-corrected chi connectivity index (χ0v) is 18.0. The topological polar surface area (TPSA) is 59.4 Å². The number of imidazole rings is 1. The van der Waals surface area contributed by atoms with E-state index in [2.05, 4.69) is 15.2 Å². The van der Waals surface area contributed by atoms with Crippen molar-refractivity contribution in [1.82, 2.24) is 19.8 Å². The number of thioether (sulfide) groups is 1. The number of para-hydroxylation sites is 2. The van der Waals surface area contributed by atoms with Crippen LogP contribution in [0.25, 0.3) is 11.0 Å². The van der Waals surface area contributed by atoms with Crippen molar-refractivity contribution in [2.45, 2.75) is 23.5 Å². The normalized spacial score (nSPS) is 15.9. The third-order valence-electron chi connectivity index (χ3n) is 5.33. The smallest absolute Gasteiger partial charge is 0.291 e. The van der Waals surface area contributed by atoms with Crippen molar-refractivity contribution < 1.29 is 22.7 Å². The van der Waals surface area contributed by atoms with Crippen LogP contribution < -0.4 is 5.32 Å². The number of rotatable bonds is 8. The molecule has 1 unspecified atom stereocenters. The van der Waals surface area contributed by atoms with Crippen molar-refractivity contribution in [3.8, 4) is 0 Å². The maximum Gasteiger partial charge on any atom is 0.291 e. The predicted molar refractivity (Wildman–Crippen MR) is 116 cm³/mol. The molecule has 1 fully saturated rings. The molecule has 6 nitrogen and oxygen atoms in total. The van der Waals surface area contributed by atoms with Crippen LogP contribution in [0.3, 0.4) is 0 Å². The lowest BCUT2D eigenvalue weighted by Crippen LogP contribution is -2.44. The van der Waals surface area contributed by atoms with Crippen LogP contribution in [0.1, 0.15) is 11.6 Å². The second-order valence-electron chi connectivity index (χ2n) is 7.37. The number of aromatic nitrogens is 2. The number of alkyl halides is 2. The Bertz CT molecular complexity index is 1070. The van der Waals surface area contributed by atoms with E-state index in [4.69, 9.17) is 4.74 Å². The van der Waals surface area contributed by atoms with Gasteiger partial charge in [-0.25, -0.2) is 9.37 Å². The third kappa shape index (κ3) is 5.43. The third-order valence-corrected chi connectivity index (χ3v) is 6.03. The second-order valence-corrected chi connectivity index (χ2v) is 8.33. The molecule has 1 aromatic heterocycles. The Balaban J connectivity index is 1.50. The van der Waals surface area contributed by atoms with E-state index in [9.17, 15) is 18.0 Å². The molecule has 1 atom stereocenters. The number of fused-ring (bicyclic) bond motifs is 1. The van der Waals surface area contributed by atoms with Gasteiger partial charge in [0, 0.05) is 19.6 Å². The molecule has 1 aliphatic heterocycles. The number of benzene rings is 2. The van der Waals surface area contributed by atoms with Crippen molar-refractivity contribution in [2.75, 3.05) is 32.8 Å². The summed E-state index contributed by atoms with van der Waals surface area (Å²) in [4.78, 5) is 19.2. The van der Waals surface area contributed by atoms with E-state index in [-0.39, 0.29) is 36.0 Å². The molecule has 2 heterocycles. The minimum atomic E-state index is -2.65. The first kappa shape index (κ1) is 22.6. The fourth-order valence-corrected chi connectivity index (χ4v) is 4.45. The van der Waals surface area contributed by atoms with Crippen LogP contribution >= 0.6 is 11.8 Å². The zero-order valence-electron chi connectivity index (χ0n) is 17.2. The van der Waals surface area contributed by atoms with Gasteiger partial charge < -0.3 is 14.6 Å². The summed E-state index contributed by atoms with van der Waals surface area (Å²) in [6, 6.07) is 13.1. The summed E-state index contributed by atoms with van der Waals surface area (Å²) in [5, 5.41) is 2.98. The molecule has 2 aromatic carbocycles. The van der Waals surface area contributed by atoms with Gasteiger partial charge in [-0.15, -0.1) is 0 Å². The Hall–Kier alpha value is -2.56. The minimum absolute atomic E-state index is 0.0891. The number of nitrogens with one attached hydrogen (secondary N) is 1. The first-order valence-corrected chi connectivity index (χ1v) is 11.1. The second kappa shape index (κ2) is 10.4. The number of morpholine rings is 1. The predicted octanol–water partition coefficient (Wildman–Crippen LogP) is 3.68. The maximum atomic E-state index is 13.8. The van der Waals surface area contributed by atoms with Crippen LogP contribution in [0.5, 0.6) is 0 Å². The zero-order chi connectivity index (χ0) is 22.5. The minimum Gasteiger partial charge on any atom is -0.379 e. The molecule has 1 aliphatic rings. The lowest BCUT2D eigenvalue weighted by molar-refractivity contribution is -0.122. The molecule has 0 saturated carbocycles. The van der Waals surface area contributed by atoms with Crippen molar-refractivity contribution in [1.29, 1.82) is 0 Å². The van der Waals surface area contributed by atoms with Crippen molar-refractivity contribution in [2.24, 2.45) is 0 Å². The van der Waals surface area contributed by atoms with Gasteiger partial charge in [-0.2, -0.15) is 8.78 Å². The lowest BCUT2D eigenvalue weighted by atomic mass is 10.0. The van der Waals surface area contributed by atoms with Gasteiger partial charge in [-0.1, -0.05) is 24.3 Å². The summed E-state index contributed by atoms with van der Waals surface area (Å²) in [7, 11) is 0. The molecule has 170 valence electrons. The summed E-state index contributed by atoms with van der Waals surface area (Å²) in [5.41, 5.74) is 1.92. The Morgan fingerprint density at radius 3 is 2.69 bits per heavy atom. The van der Waals surface area contributed by atoms with Gasteiger partial charge in [0.2, 0.25) is 5.91 Å². The summed E-state index contributed by atoms with van der Waals surface area (Å²) in [5.74, 6) is -3.32. The lowest BCUT2D eigenvalue weighted by Gasteiger charge is -2.35. The highest BCUT2D eigenvalue weighted by molar-refractivity contribution is 7.99. The highest BCUT2D eigenvalue weighted by atomic mass is 32.2. The summed E-state index contributed by atoms with van der Waals surface area (Å²) >= 11 is 0.313. The van der Waals surface area contributed by atoms with Crippen LogP contribution in [-0.4, -0.2) is 59.0 Å². The Kier molecular flexibility index (Phi) is 7.33. The first-order valence-electron chi connectivity index (χ1n) is 10.3. The average Bonchev–Trinajstić information content (AvgIpc) is 3.11. The number of hydrogen-bond acceptors (Lipinski definition) is 5. The van der Waals surface area contributed by atoms with Crippen LogP contribution in [0.2, 0.25) is 0 Å². The first-order chi connectivity index (χ1) is 15.5. The molecular formula is C22H23F3N4O2S. The van der Waals surface area contributed by atoms with Gasteiger partial charge >= 0.3 is 0 Å². The van der Waals surface area contributed by atoms with Crippen molar-refractivity contribution >= 4 is 28.7 Å². The van der Waals surface area contributed by atoms with Gasteiger partial charge in [-0.05, 0) is 41.6 Å². The average molecular weight is 465 g/mol. The molecule has 0 spiro atoms. The number of halogens is 3. The van der Waals surface area contributed by atoms with E-state index in [1.807, 2.05) is 6.07 Å². The number of nitrogens with zero attached hydrogens (tertiary/aromatic N) is 3. The fourth-order valence-electron chi connectivity index (χ4n) is 3.85. The SMILES string of the molecule is O=C(Cn1c(SC(F)F)nc2ccccc21)NCC(c1cccc(F)c1)N1CCOCC1. The molecule has 0 bridgehead atoms. The number of hydrogen-bond donors (Lipinski definition) is 1.